The van der Waals surface area contributed by atoms with E-state index in [0.717, 1.165) is 21.7 Å². The highest BCUT2D eigenvalue weighted by atomic mass is 16.3. The molecule has 0 bridgehead atoms. The van der Waals surface area contributed by atoms with Gasteiger partial charge < -0.3 is 25.7 Å². The molecule has 1 atom stereocenters. The lowest BCUT2D eigenvalue weighted by Gasteiger charge is -2.25. The first-order valence-corrected chi connectivity index (χ1v) is 9.10. The third kappa shape index (κ3) is 5.40. The molecule has 0 aromatic heterocycles. The molecule has 0 radical (unpaired) electrons. The van der Waals surface area contributed by atoms with E-state index in [0.29, 0.717) is 12.1 Å². The maximum atomic E-state index is 12.7. The van der Waals surface area contributed by atoms with Gasteiger partial charge in [-0.1, -0.05) is 24.3 Å². The number of hydrogen-bond acceptors (Lipinski definition) is 6. The molecule has 0 spiro atoms. The van der Waals surface area contributed by atoms with Gasteiger partial charge in [0.25, 0.3) is 5.91 Å². The summed E-state index contributed by atoms with van der Waals surface area (Å²) in [6, 6.07) is 13.0. The monoisotopic (exact) mass is 399 g/mol. The Morgan fingerprint density at radius 3 is 2.00 bits per heavy atom. The summed E-state index contributed by atoms with van der Waals surface area (Å²) >= 11 is 0. The van der Waals surface area contributed by atoms with Gasteiger partial charge in [-0.2, -0.15) is 0 Å². The molecule has 154 valence electrons. The van der Waals surface area contributed by atoms with E-state index in [1.807, 2.05) is 24.3 Å². The first-order valence-electron chi connectivity index (χ1n) is 9.10. The van der Waals surface area contributed by atoms with Gasteiger partial charge in [0.05, 0.1) is 6.61 Å². The second kappa shape index (κ2) is 10.4. The van der Waals surface area contributed by atoms with Crippen molar-refractivity contribution in [3.05, 3.63) is 54.1 Å². The lowest BCUT2D eigenvalue weighted by Crippen LogP contribution is -2.52. The summed E-state index contributed by atoms with van der Waals surface area (Å²) in [6.07, 6.45) is 0. The number of aliphatic hydroxyl groups is 2. The molecule has 2 aromatic carbocycles. The molecular weight excluding hydrogens is 374 g/mol. The van der Waals surface area contributed by atoms with Gasteiger partial charge in [-0.05, 0) is 35.4 Å². The number of benzene rings is 2. The van der Waals surface area contributed by atoms with Crippen molar-refractivity contribution in [3.63, 3.8) is 0 Å². The van der Waals surface area contributed by atoms with Gasteiger partial charge in [0, 0.05) is 31.9 Å². The van der Waals surface area contributed by atoms with Gasteiger partial charge in [-0.25, -0.2) is 0 Å². The number of amides is 2. The molecule has 1 unspecified atom stereocenters. The summed E-state index contributed by atoms with van der Waals surface area (Å²) in [5.74, 6) is -1.92. The molecule has 4 N–H and O–H groups in total. The third-order valence-electron chi connectivity index (χ3n) is 4.45. The van der Waals surface area contributed by atoms with E-state index in [4.69, 9.17) is 10.2 Å². The van der Waals surface area contributed by atoms with Crippen LogP contribution >= 0.6 is 0 Å². The van der Waals surface area contributed by atoms with Crippen molar-refractivity contribution >= 4 is 23.3 Å². The zero-order chi connectivity index (χ0) is 21.4. The Bertz CT molecular complexity index is 834. The van der Waals surface area contributed by atoms with Crippen LogP contribution in [0.25, 0.3) is 11.1 Å². The highest BCUT2D eigenvalue weighted by Gasteiger charge is 2.32. The van der Waals surface area contributed by atoms with Crippen molar-refractivity contribution in [2.24, 2.45) is 0 Å². The van der Waals surface area contributed by atoms with Crippen LogP contribution in [0.4, 0.5) is 5.69 Å². The molecule has 0 aliphatic carbocycles. The Morgan fingerprint density at radius 2 is 1.52 bits per heavy atom. The van der Waals surface area contributed by atoms with Crippen LogP contribution in [-0.4, -0.2) is 72.6 Å². The lowest BCUT2D eigenvalue weighted by atomic mass is 10.0. The van der Waals surface area contributed by atoms with Crippen LogP contribution in [0.3, 0.4) is 0 Å². The largest absolute Gasteiger partial charge is 0.395 e. The van der Waals surface area contributed by atoms with Crippen LogP contribution in [0.1, 0.15) is 10.4 Å². The van der Waals surface area contributed by atoms with Gasteiger partial charge in [0.1, 0.15) is 6.61 Å². The van der Waals surface area contributed by atoms with Crippen LogP contribution < -0.4 is 10.6 Å². The number of aliphatic hydroxyl groups excluding tert-OH is 2. The fraction of sp³-hybridized carbons (Fsp3) is 0.286. The Labute approximate surface area is 169 Å². The molecule has 0 saturated carbocycles. The number of hydrogen-bond donors (Lipinski definition) is 4. The average molecular weight is 399 g/mol. The number of carbonyl (C=O) groups is 3. The number of ketones is 1. The van der Waals surface area contributed by atoms with E-state index in [1.165, 1.54) is 14.1 Å². The number of nitrogens with one attached hydrogen (secondary N) is 2. The minimum atomic E-state index is -1.39. The molecule has 0 aliphatic rings. The summed E-state index contributed by atoms with van der Waals surface area (Å²) < 4.78 is 0. The Kier molecular flexibility index (Phi) is 7.88. The van der Waals surface area contributed by atoms with Gasteiger partial charge in [-0.3, -0.25) is 14.4 Å². The minimum Gasteiger partial charge on any atom is -0.395 e. The van der Waals surface area contributed by atoms with Gasteiger partial charge in [0.15, 0.2) is 11.8 Å². The Balaban J connectivity index is 2.17. The van der Waals surface area contributed by atoms with E-state index in [2.05, 4.69) is 10.6 Å². The summed E-state index contributed by atoms with van der Waals surface area (Å²) in [4.78, 5) is 37.6. The molecule has 0 heterocycles. The summed E-state index contributed by atoms with van der Waals surface area (Å²) in [7, 11) is 2.71. The molecule has 2 rings (SSSR count). The van der Waals surface area contributed by atoms with Crippen LogP contribution in [0.5, 0.6) is 0 Å². The molecular formula is C21H25N3O5. The van der Waals surface area contributed by atoms with Crippen molar-refractivity contribution in [1.82, 2.24) is 10.2 Å². The molecule has 0 aliphatic heterocycles. The van der Waals surface area contributed by atoms with Crippen molar-refractivity contribution in [1.29, 1.82) is 0 Å². The molecule has 2 aromatic rings. The summed E-state index contributed by atoms with van der Waals surface area (Å²) in [6.45, 7) is -0.312. The molecule has 29 heavy (non-hydrogen) atoms. The zero-order valence-electron chi connectivity index (χ0n) is 16.4. The number of nitrogens with zero attached hydrogens (tertiary/aromatic N) is 1. The average Bonchev–Trinajstić information content (AvgIpc) is 2.77. The van der Waals surface area contributed by atoms with Crippen LogP contribution in [0, 0.1) is 0 Å². The molecule has 8 heteroatoms. The first-order chi connectivity index (χ1) is 13.9. The highest BCUT2D eigenvalue weighted by molar-refractivity contribution is 6.10. The minimum absolute atomic E-state index is 0.0519. The SMILES string of the molecule is CNC(=O)C(C(=O)CO)N(C)C(=O)c1ccc(-c2ccc(NCCO)cc2)cc1. The van der Waals surface area contributed by atoms with Crippen LogP contribution in [0.2, 0.25) is 0 Å². The van der Waals surface area contributed by atoms with Crippen LogP contribution in [0.15, 0.2) is 48.5 Å². The lowest BCUT2D eigenvalue weighted by molar-refractivity contribution is -0.135. The summed E-state index contributed by atoms with van der Waals surface area (Å²) in [5.41, 5.74) is 3.06. The van der Waals surface area contributed by atoms with E-state index >= 15 is 0 Å². The quantitative estimate of drug-likeness (QED) is 0.456. The maximum absolute atomic E-state index is 12.7. The maximum Gasteiger partial charge on any atom is 0.254 e. The third-order valence-corrected chi connectivity index (χ3v) is 4.45. The van der Waals surface area contributed by atoms with Crippen molar-refractivity contribution < 1.29 is 24.6 Å². The summed E-state index contributed by atoms with van der Waals surface area (Å²) in [5, 5.41) is 23.3. The van der Waals surface area contributed by atoms with Crippen LogP contribution in [-0.2, 0) is 9.59 Å². The molecule has 8 nitrogen and oxygen atoms in total. The standard InChI is InChI=1S/C21H25N3O5/c1-22-20(28)19(18(27)13-26)24(2)21(29)16-5-3-14(4-6-16)15-7-9-17(10-8-15)23-11-12-25/h3-10,19,23,25-26H,11-13H2,1-2H3,(H,22,28). The predicted molar refractivity (Wildman–Crippen MR) is 109 cm³/mol. The Hall–Kier alpha value is -3.23. The highest BCUT2D eigenvalue weighted by Crippen LogP contribution is 2.22. The number of rotatable bonds is 9. The van der Waals surface area contributed by atoms with Crippen molar-refractivity contribution in [3.8, 4) is 11.1 Å². The fourth-order valence-electron chi connectivity index (χ4n) is 2.87. The number of anilines is 1. The topological polar surface area (TPSA) is 119 Å². The van der Waals surface area contributed by atoms with E-state index in [-0.39, 0.29) is 6.61 Å². The molecule has 0 fully saturated rings. The predicted octanol–water partition coefficient (Wildman–Crippen LogP) is 0.506. The molecule has 0 saturated heterocycles. The normalized spacial score (nSPS) is 11.4. The second-order valence-corrected chi connectivity index (χ2v) is 6.36. The van der Waals surface area contributed by atoms with Gasteiger partial charge >= 0.3 is 0 Å². The number of Topliss-reactive ketones (excluding diaryl/α,β-unsaturated/α-hetero) is 1. The van der Waals surface area contributed by atoms with Gasteiger partial charge in [-0.15, -0.1) is 0 Å². The zero-order valence-corrected chi connectivity index (χ0v) is 16.4. The molecule has 2 amide bonds. The van der Waals surface area contributed by atoms with Crippen molar-refractivity contribution in [2.75, 3.05) is 39.2 Å². The van der Waals surface area contributed by atoms with E-state index in [1.54, 1.807) is 24.3 Å². The van der Waals surface area contributed by atoms with E-state index < -0.39 is 30.2 Å². The van der Waals surface area contributed by atoms with Gasteiger partial charge in [0.2, 0.25) is 5.91 Å². The second-order valence-electron chi connectivity index (χ2n) is 6.36. The Morgan fingerprint density at radius 1 is 0.966 bits per heavy atom. The first kappa shape index (κ1) is 22.1. The smallest absolute Gasteiger partial charge is 0.254 e. The number of carbonyl (C=O) groups excluding carboxylic acids is 3. The van der Waals surface area contributed by atoms with Crippen molar-refractivity contribution in [2.45, 2.75) is 6.04 Å². The fourth-order valence-corrected chi connectivity index (χ4v) is 2.87. The van der Waals surface area contributed by atoms with E-state index in [9.17, 15) is 14.4 Å². The number of likely N-dealkylation sites (N-methyl/N-ethyl adjacent to an activating group) is 2.